The summed E-state index contributed by atoms with van der Waals surface area (Å²) in [5.41, 5.74) is 5.25. The third-order valence-electron chi connectivity index (χ3n) is 1.69. The summed E-state index contributed by atoms with van der Waals surface area (Å²) in [5.74, 6) is 0. The second-order valence-corrected chi connectivity index (χ2v) is 2.73. The van der Waals surface area contributed by atoms with Crippen LogP contribution in [0.5, 0.6) is 0 Å². The molecule has 6 heteroatoms. The molecule has 0 aliphatic heterocycles. The molecule has 1 heterocycles. The van der Waals surface area contributed by atoms with Crippen LogP contribution in [0.25, 0.3) is 0 Å². The first-order chi connectivity index (χ1) is 6.06. The van der Waals surface area contributed by atoms with Gasteiger partial charge in [-0.3, -0.25) is 4.68 Å². The number of aryl methyl sites for hydroxylation is 1. The number of halogens is 2. The number of rotatable bonds is 3. The average Bonchev–Trinajstić information content (AvgIpc) is 2.46. The summed E-state index contributed by atoms with van der Waals surface area (Å²) < 4.78 is 25.9. The molecular formula is C7H11F2N3O. The van der Waals surface area contributed by atoms with E-state index in [4.69, 9.17) is 10.8 Å². The number of nitrogens with zero attached hydrogens (tertiary/aromatic N) is 2. The van der Waals surface area contributed by atoms with Gasteiger partial charge in [0, 0.05) is 18.8 Å². The summed E-state index contributed by atoms with van der Waals surface area (Å²) in [7, 11) is 1.53. The Labute approximate surface area is 74.0 Å². The Kier molecular flexibility index (Phi) is 2.94. The minimum Gasteiger partial charge on any atom is -0.394 e. The number of aromatic nitrogens is 2. The smallest absolute Gasteiger partial charge is 0.282 e. The number of nitrogens with two attached hydrogens (primary N) is 1. The number of hydrogen-bond donors (Lipinski definition) is 2. The molecule has 0 aliphatic carbocycles. The lowest BCUT2D eigenvalue weighted by atomic mass is 10.1. The molecule has 13 heavy (non-hydrogen) atoms. The van der Waals surface area contributed by atoms with Crippen LogP contribution in [-0.4, -0.2) is 21.5 Å². The van der Waals surface area contributed by atoms with Gasteiger partial charge in [-0.1, -0.05) is 0 Å². The highest BCUT2D eigenvalue weighted by atomic mass is 19.3. The topological polar surface area (TPSA) is 64.1 Å². The van der Waals surface area contributed by atoms with Crippen LogP contribution < -0.4 is 5.73 Å². The zero-order valence-corrected chi connectivity index (χ0v) is 7.11. The quantitative estimate of drug-likeness (QED) is 0.724. The van der Waals surface area contributed by atoms with Crippen molar-refractivity contribution >= 4 is 0 Å². The van der Waals surface area contributed by atoms with Crippen molar-refractivity contribution in [3.8, 4) is 0 Å². The van der Waals surface area contributed by atoms with Crippen molar-refractivity contribution in [3.63, 3.8) is 0 Å². The van der Waals surface area contributed by atoms with Gasteiger partial charge in [-0.05, 0) is 0 Å². The molecule has 1 rings (SSSR count). The lowest BCUT2D eigenvalue weighted by Crippen LogP contribution is -2.15. The van der Waals surface area contributed by atoms with E-state index in [1.54, 1.807) is 0 Å². The van der Waals surface area contributed by atoms with E-state index in [2.05, 4.69) is 5.10 Å². The summed E-state index contributed by atoms with van der Waals surface area (Å²) in [5, 5.41) is 12.3. The summed E-state index contributed by atoms with van der Waals surface area (Å²) in [6, 6.07) is -0.794. The molecule has 1 atom stereocenters. The van der Waals surface area contributed by atoms with E-state index in [0.29, 0.717) is 0 Å². The third-order valence-corrected chi connectivity index (χ3v) is 1.69. The molecule has 74 valence electrons. The molecule has 0 saturated carbocycles. The van der Waals surface area contributed by atoms with Crippen LogP contribution in [0.2, 0.25) is 0 Å². The maximum Gasteiger partial charge on any atom is 0.282 e. The molecule has 0 spiro atoms. The number of hydrogen-bond acceptors (Lipinski definition) is 3. The Morgan fingerprint density at radius 2 is 2.31 bits per heavy atom. The van der Waals surface area contributed by atoms with Gasteiger partial charge in [-0.25, -0.2) is 8.78 Å². The number of aliphatic hydroxyl groups is 1. The van der Waals surface area contributed by atoms with Crippen molar-refractivity contribution in [1.82, 2.24) is 9.78 Å². The van der Waals surface area contributed by atoms with E-state index in [9.17, 15) is 8.78 Å². The van der Waals surface area contributed by atoms with Crippen molar-refractivity contribution in [2.24, 2.45) is 12.8 Å². The number of aliphatic hydroxyl groups excluding tert-OH is 1. The predicted octanol–water partition coefficient (Wildman–Crippen LogP) is 0.350. The molecule has 1 aromatic rings. The van der Waals surface area contributed by atoms with E-state index in [0.717, 1.165) is 0 Å². The van der Waals surface area contributed by atoms with Crippen LogP contribution >= 0.6 is 0 Å². The van der Waals surface area contributed by atoms with Gasteiger partial charge in [-0.2, -0.15) is 5.10 Å². The van der Waals surface area contributed by atoms with Gasteiger partial charge in [0.15, 0.2) is 0 Å². The molecule has 0 fully saturated rings. The second-order valence-electron chi connectivity index (χ2n) is 2.73. The minimum atomic E-state index is -2.66. The van der Waals surface area contributed by atoms with E-state index in [-0.39, 0.29) is 17.9 Å². The van der Waals surface area contributed by atoms with Crippen LogP contribution in [0.4, 0.5) is 8.78 Å². The first kappa shape index (κ1) is 10.1. The van der Waals surface area contributed by atoms with E-state index in [1.165, 1.54) is 17.9 Å². The molecule has 0 amide bonds. The first-order valence-corrected chi connectivity index (χ1v) is 3.74. The first-order valence-electron chi connectivity index (χ1n) is 3.74. The van der Waals surface area contributed by atoms with Gasteiger partial charge in [0.05, 0.1) is 12.6 Å². The lowest BCUT2D eigenvalue weighted by Gasteiger charge is -2.06. The normalized spacial score (nSPS) is 13.7. The molecule has 0 bridgehead atoms. The summed E-state index contributed by atoms with van der Waals surface area (Å²) in [6.07, 6.45) is -1.27. The van der Waals surface area contributed by atoms with Gasteiger partial charge in [0.1, 0.15) is 5.69 Å². The Morgan fingerprint density at radius 1 is 1.69 bits per heavy atom. The fraction of sp³-hybridized carbons (Fsp3) is 0.571. The minimum absolute atomic E-state index is 0.194. The predicted molar refractivity (Wildman–Crippen MR) is 42.2 cm³/mol. The van der Waals surface area contributed by atoms with Crippen LogP contribution in [0.3, 0.4) is 0 Å². The maximum absolute atomic E-state index is 12.3. The third kappa shape index (κ3) is 2.02. The van der Waals surface area contributed by atoms with E-state index < -0.39 is 12.5 Å². The van der Waals surface area contributed by atoms with Crippen molar-refractivity contribution in [2.75, 3.05) is 6.61 Å². The molecule has 0 radical (unpaired) electrons. The van der Waals surface area contributed by atoms with E-state index in [1.807, 2.05) is 0 Å². The van der Waals surface area contributed by atoms with Gasteiger partial charge >= 0.3 is 0 Å². The van der Waals surface area contributed by atoms with Crippen LogP contribution in [-0.2, 0) is 7.05 Å². The molecule has 1 aromatic heterocycles. The zero-order chi connectivity index (χ0) is 10.0. The van der Waals surface area contributed by atoms with Crippen LogP contribution in [0, 0.1) is 0 Å². The Hall–Kier alpha value is -1.01. The average molecular weight is 191 g/mol. The van der Waals surface area contributed by atoms with Gasteiger partial charge in [0.2, 0.25) is 0 Å². The van der Waals surface area contributed by atoms with Crippen LogP contribution in [0.15, 0.2) is 6.20 Å². The molecule has 0 aromatic carbocycles. The maximum atomic E-state index is 12.3. The number of alkyl halides is 2. The van der Waals surface area contributed by atoms with Crippen molar-refractivity contribution in [3.05, 3.63) is 17.5 Å². The largest absolute Gasteiger partial charge is 0.394 e. The molecule has 0 saturated heterocycles. The van der Waals surface area contributed by atoms with Crippen LogP contribution in [0.1, 0.15) is 23.7 Å². The van der Waals surface area contributed by atoms with Crippen molar-refractivity contribution < 1.29 is 13.9 Å². The summed E-state index contributed by atoms with van der Waals surface area (Å²) in [6.45, 7) is -0.370. The molecule has 4 nitrogen and oxygen atoms in total. The van der Waals surface area contributed by atoms with E-state index >= 15 is 0 Å². The monoisotopic (exact) mass is 191 g/mol. The molecule has 0 aliphatic rings. The zero-order valence-electron chi connectivity index (χ0n) is 7.11. The molecule has 0 unspecified atom stereocenters. The fourth-order valence-corrected chi connectivity index (χ4v) is 1.08. The SMILES string of the molecule is Cn1cc([C@@H](N)CO)c(C(F)F)n1. The van der Waals surface area contributed by atoms with Crippen molar-refractivity contribution in [1.29, 1.82) is 0 Å². The second kappa shape index (κ2) is 3.80. The summed E-state index contributed by atoms with van der Waals surface area (Å²) >= 11 is 0. The highest BCUT2D eigenvalue weighted by molar-refractivity contribution is 5.22. The molecule has 3 N–H and O–H groups in total. The van der Waals surface area contributed by atoms with Crippen molar-refractivity contribution in [2.45, 2.75) is 12.5 Å². The lowest BCUT2D eigenvalue weighted by molar-refractivity contribution is 0.142. The fourth-order valence-electron chi connectivity index (χ4n) is 1.08. The van der Waals surface area contributed by atoms with Gasteiger partial charge in [0.25, 0.3) is 6.43 Å². The Balaban J connectivity index is 3.04. The standard InChI is InChI=1S/C7H11F2N3O/c1-12-2-4(5(10)3-13)6(11-12)7(8)9/h2,5,7,13H,3,10H2,1H3/t5-/m0/s1. The van der Waals surface area contributed by atoms with Gasteiger partial charge in [-0.15, -0.1) is 0 Å². The highest BCUT2D eigenvalue weighted by Gasteiger charge is 2.21. The highest BCUT2D eigenvalue weighted by Crippen LogP contribution is 2.24. The summed E-state index contributed by atoms with van der Waals surface area (Å²) in [4.78, 5) is 0. The Morgan fingerprint density at radius 3 is 2.77 bits per heavy atom. The molecular weight excluding hydrogens is 180 g/mol. The Bertz CT molecular complexity index is 287. The van der Waals surface area contributed by atoms with Gasteiger partial charge < -0.3 is 10.8 Å².